The van der Waals surface area contributed by atoms with Gasteiger partial charge in [-0.2, -0.15) is 0 Å². The molecular weight excluding hydrogens is 959 g/mol. The summed E-state index contributed by atoms with van der Waals surface area (Å²) in [6.45, 7) is 4.51. The number of esters is 2. The fraction of sp³-hybridized carbons (Fsp3) is 0.662. The van der Waals surface area contributed by atoms with Crippen molar-refractivity contribution in [3.63, 3.8) is 0 Å². The molecule has 0 aromatic heterocycles. The first-order valence-corrected chi connectivity index (χ1v) is 30.7. The van der Waals surface area contributed by atoms with Crippen molar-refractivity contribution in [3.8, 4) is 0 Å². The molecule has 2 unspecified atom stereocenters. The molecule has 0 spiro atoms. The molecule has 9 heteroatoms. The lowest BCUT2D eigenvalue weighted by atomic mass is 10.0. The number of quaternary nitrogens is 1. The lowest BCUT2D eigenvalue weighted by molar-refractivity contribution is -0.870. The third kappa shape index (κ3) is 59.2. The predicted octanol–water partition coefficient (Wildman–Crippen LogP) is 17.1. The fourth-order valence-electron chi connectivity index (χ4n) is 8.06. The predicted molar refractivity (Wildman–Crippen MR) is 324 cm³/mol. The molecule has 0 aliphatic rings. The molecule has 0 aromatic carbocycles. The number of carboxylic acid groups (broad SMARTS) is 1. The van der Waals surface area contributed by atoms with Gasteiger partial charge in [0.1, 0.15) is 13.2 Å². The third-order valence-electron chi connectivity index (χ3n) is 12.7. The Morgan fingerprint density at radius 3 is 1.04 bits per heavy atom. The molecule has 0 aliphatic carbocycles. The number of hydrogen-bond donors (Lipinski definition) is 0. The van der Waals surface area contributed by atoms with Gasteiger partial charge in [0.2, 0.25) is 0 Å². The fourth-order valence-corrected chi connectivity index (χ4v) is 8.06. The van der Waals surface area contributed by atoms with E-state index in [9.17, 15) is 19.5 Å². The molecule has 9 nitrogen and oxygen atoms in total. The van der Waals surface area contributed by atoms with E-state index in [1.807, 2.05) is 21.1 Å². The van der Waals surface area contributed by atoms with E-state index in [2.05, 4.69) is 135 Å². The number of likely N-dealkylation sites (N-methyl/N-ethyl adjacent to an activating group) is 1. The molecule has 0 N–H and O–H groups in total. The highest BCUT2D eigenvalue weighted by molar-refractivity contribution is 5.70. The molecule has 438 valence electrons. The largest absolute Gasteiger partial charge is 0.545 e. The summed E-state index contributed by atoms with van der Waals surface area (Å²) in [6.07, 6.45) is 78.1. The first-order valence-electron chi connectivity index (χ1n) is 30.7. The van der Waals surface area contributed by atoms with Crippen LogP contribution in [0.4, 0.5) is 0 Å². The van der Waals surface area contributed by atoms with Gasteiger partial charge in [0.05, 0.1) is 40.3 Å². The Hall–Kier alpha value is -4.31. The molecule has 0 bridgehead atoms. The van der Waals surface area contributed by atoms with Gasteiger partial charge < -0.3 is 33.3 Å². The van der Waals surface area contributed by atoms with E-state index >= 15 is 0 Å². The number of nitrogens with zero attached hydrogens (tertiary/aromatic N) is 1. The number of rotatable bonds is 55. The molecule has 0 rings (SSSR count). The number of unbranched alkanes of at least 4 members (excludes halogenated alkanes) is 20. The summed E-state index contributed by atoms with van der Waals surface area (Å²) < 4.78 is 22.7. The molecule has 0 fully saturated rings. The van der Waals surface area contributed by atoms with Crippen LogP contribution < -0.4 is 5.11 Å². The number of aliphatic carboxylic acids is 1. The van der Waals surface area contributed by atoms with E-state index < -0.39 is 24.3 Å². The Kier molecular flexibility index (Phi) is 54.6. The first-order chi connectivity index (χ1) is 37.6. The molecule has 0 heterocycles. The van der Waals surface area contributed by atoms with E-state index in [0.29, 0.717) is 17.4 Å². The Labute approximate surface area is 472 Å². The molecular formula is C68H113NO8. The summed E-state index contributed by atoms with van der Waals surface area (Å²) in [6, 6.07) is 0. The maximum atomic E-state index is 12.9. The average Bonchev–Trinajstić information content (AvgIpc) is 3.40. The van der Waals surface area contributed by atoms with Gasteiger partial charge >= 0.3 is 11.9 Å². The van der Waals surface area contributed by atoms with Crippen molar-refractivity contribution in [1.82, 2.24) is 0 Å². The van der Waals surface area contributed by atoms with Gasteiger partial charge in [-0.3, -0.25) is 9.59 Å². The van der Waals surface area contributed by atoms with E-state index in [4.69, 9.17) is 18.9 Å². The molecule has 0 saturated heterocycles. The van der Waals surface area contributed by atoms with Crippen molar-refractivity contribution in [3.05, 3.63) is 122 Å². The van der Waals surface area contributed by atoms with Gasteiger partial charge in [-0.25, -0.2) is 0 Å². The normalized spacial score (nSPS) is 13.6. The zero-order chi connectivity index (χ0) is 56.2. The minimum absolute atomic E-state index is 0.140. The summed E-state index contributed by atoms with van der Waals surface area (Å²) in [5.41, 5.74) is 0. The Morgan fingerprint density at radius 1 is 0.390 bits per heavy atom. The zero-order valence-electron chi connectivity index (χ0n) is 49.8. The number of carbonyl (C=O) groups is 3. The molecule has 2 atom stereocenters. The Balaban J connectivity index is 4.25. The maximum Gasteiger partial charge on any atom is 0.306 e. The number of carbonyl (C=O) groups excluding carboxylic acids is 3. The van der Waals surface area contributed by atoms with Crippen LogP contribution in [0.5, 0.6) is 0 Å². The van der Waals surface area contributed by atoms with E-state index in [0.717, 1.165) is 122 Å². The van der Waals surface area contributed by atoms with Crippen molar-refractivity contribution in [2.45, 2.75) is 245 Å². The monoisotopic (exact) mass is 1070 g/mol. The van der Waals surface area contributed by atoms with Crippen LogP contribution in [0.3, 0.4) is 0 Å². The van der Waals surface area contributed by atoms with Gasteiger partial charge in [0.15, 0.2) is 12.4 Å². The van der Waals surface area contributed by atoms with Gasteiger partial charge in [-0.1, -0.05) is 238 Å². The van der Waals surface area contributed by atoms with Gasteiger partial charge in [-0.05, 0) is 103 Å². The van der Waals surface area contributed by atoms with Gasteiger partial charge in [0.25, 0.3) is 0 Å². The van der Waals surface area contributed by atoms with Crippen molar-refractivity contribution >= 4 is 17.9 Å². The van der Waals surface area contributed by atoms with Gasteiger partial charge in [-0.15, -0.1) is 0 Å². The molecule has 0 amide bonds. The lowest BCUT2D eigenvalue weighted by Crippen LogP contribution is -2.44. The van der Waals surface area contributed by atoms with E-state index in [-0.39, 0.29) is 38.6 Å². The zero-order valence-corrected chi connectivity index (χ0v) is 49.8. The minimum Gasteiger partial charge on any atom is -0.545 e. The maximum absolute atomic E-state index is 12.9. The van der Waals surface area contributed by atoms with Crippen molar-refractivity contribution in [2.24, 2.45) is 0 Å². The molecule has 0 aromatic rings. The van der Waals surface area contributed by atoms with Crippen LogP contribution in [0, 0.1) is 0 Å². The van der Waals surface area contributed by atoms with E-state index in [1.165, 1.54) is 77.0 Å². The minimum atomic E-state index is -1.63. The van der Waals surface area contributed by atoms with Gasteiger partial charge in [0, 0.05) is 12.8 Å². The molecule has 77 heavy (non-hydrogen) atoms. The summed E-state index contributed by atoms with van der Waals surface area (Å²) in [7, 11) is 5.91. The summed E-state index contributed by atoms with van der Waals surface area (Å²) >= 11 is 0. The first kappa shape index (κ1) is 72.7. The number of hydrogen-bond acceptors (Lipinski definition) is 8. The quantitative estimate of drug-likeness (QED) is 0.0195. The standard InChI is InChI=1S/C68H113NO8/c1-6-8-10-12-14-16-18-20-22-24-26-28-30-31-32-33-34-35-37-39-41-43-45-47-49-51-53-55-57-59-66(71)77-64(63-76-68(67(72)73)74-61-60-69(3,4)5)62-75-65(70)58-56-54-52-50-48-46-44-42-40-38-36-29-27-25-23-21-19-17-15-13-11-9-7-2/h8-11,14-17,20-23,26-29,31-32,34-35,64,68H,6-7,12-13,18-19,24-25,30,33,36-63H2,1-5H3/b10-8-,11-9-,16-14-,17-15-,22-20-,23-21-,28-26-,29-27-,32-31-,35-34-. The van der Waals surface area contributed by atoms with Crippen LogP contribution in [0.25, 0.3) is 0 Å². The van der Waals surface area contributed by atoms with Crippen LogP contribution in [-0.2, 0) is 33.3 Å². The van der Waals surface area contributed by atoms with Crippen LogP contribution in [0.15, 0.2) is 122 Å². The Bertz CT molecular complexity index is 1670. The molecule has 0 aliphatic heterocycles. The second kappa shape index (κ2) is 57.9. The molecule has 0 saturated carbocycles. The van der Waals surface area contributed by atoms with Crippen molar-refractivity contribution in [1.29, 1.82) is 0 Å². The van der Waals surface area contributed by atoms with Crippen LogP contribution in [0.2, 0.25) is 0 Å². The smallest absolute Gasteiger partial charge is 0.306 e. The van der Waals surface area contributed by atoms with Crippen LogP contribution in [0.1, 0.15) is 232 Å². The van der Waals surface area contributed by atoms with Crippen LogP contribution in [-0.4, -0.2) is 82.3 Å². The summed E-state index contributed by atoms with van der Waals surface area (Å²) in [4.78, 5) is 37.4. The van der Waals surface area contributed by atoms with E-state index in [1.54, 1.807) is 0 Å². The third-order valence-corrected chi connectivity index (χ3v) is 12.7. The topological polar surface area (TPSA) is 111 Å². The van der Waals surface area contributed by atoms with Crippen LogP contribution >= 0.6 is 0 Å². The highest BCUT2D eigenvalue weighted by Crippen LogP contribution is 2.15. The van der Waals surface area contributed by atoms with Crippen molar-refractivity contribution in [2.75, 3.05) is 47.5 Å². The molecule has 0 radical (unpaired) electrons. The number of allylic oxidation sites excluding steroid dienone is 20. The second-order valence-corrected chi connectivity index (χ2v) is 21.2. The number of carboxylic acids is 1. The summed E-state index contributed by atoms with van der Waals surface area (Å²) in [5.74, 6) is -2.30. The Morgan fingerprint density at radius 2 is 0.701 bits per heavy atom. The second-order valence-electron chi connectivity index (χ2n) is 21.2. The number of ether oxygens (including phenoxy) is 4. The SMILES string of the molecule is CC/C=C\C/C=C\C/C=C\C/C=C\C/C=C\C/C=C\CCCCCCCCCCCCC(=O)OC(COC(=O)CCCCCCCCCCCC/C=C\C/C=C\C/C=C\C/C=C\CC)COC(OCC[N+](C)(C)C)C(=O)[O-]. The lowest BCUT2D eigenvalue weighted by Gasteiger charge is -2.26. The van der Waals surface area contributed by atoms with Crippen molar-refractivity contribution < 1.29 is 42.9 Å². The highest BCUT2D eigenvalue weighted by Gasteiger charge is 2.22. The summed E-state index contributed by atoms with van der Waals surface area (Å²) in [5, 5.41) is 11.8. The average molecular weight is 1070 g/mol. The highest BCUT2D eigenvalue weighted by atomic mass is 16.7.